The number of aryl methyl sites for hydroxylation is 1. The minimum Gasteiger partial charge on any atom is -0.341 e. The smallest absolute Gasteiger partial charge is 0.222 e. The number of fused-ring (bicyclic) bond motifs is 1. The van der Waals surface area contributed by atoms with Crippen LogP contribution < -0.4 is 0 Å². The first-order chi connectivity index (χ1) is 11.2. The Morgan fingerprint density at radius 2 is 1.87 bits per heavy atom. The zero-order chi connectivity index (χ0) is 16.1. The van der Waals surface area contributed by atoms with Crippen LogP contribution >= 0.6 is 15.9 Å². The summed E-state index contributed by atoms with van der Waals surface area (Å²) >= 11 is 3.46. The number of carbonyl (C=O) groups is 1. The lowest BCUT2D eigenvalue weighted by Crippen LogP contribution is -2.39. The summed E-state index contributed by atoms with van der Waals surface area (Å²) < 4.78 is 1.12. The standard InChI is InChI=1S/C19H27BrN2O/c20-17-10-8-16(9-11-17)5-1-2-7-19(23)22-14-4-13-21-12-3-6-18(21)15-22/h8-11,18H,1-7,12-15H2. The molecule has 126 valence electrons. The summed E-state index contributed by atoms with van der Waals surface area (Å²) in [6, 6.07) is 9.13. The minimum atomic E-state index is 0.370. The molecule has 3 nitrogen and oxygen atoms in total. The van der Waals surface area contributed by atoms with E-state index < -0.39 is 0 Å². The van der Waals surface area contributed by atoms with Gasteiger partial charge in [-0.1, -0.05) is 28.1 Å². The van der Waals surface area contributed by atoms with Crippen molar-refractivity contribution in [2.75, 3.05) is 26.2 Å². The molecule has 3 rings (SSSR count). The van der Waals surface area contributed by atoms with Gasteiger partial charge in [0.1, 0.15) is 0 Å². The minimum absolute atomic E-state index is 0.370. The van der Waals surface area contributed by atoms with Gasteiger partial charge in [-0.2, -0.15) is 0 Å². The average molecular weight is 379 g/mol. The Morgan fingerprint density at radius 3 is 2.70 bits per heavy atom. The van der Waals surface area contributed by atoms with Gasteiger partial charge in [0.2, 0.25) is 5.91 Å². The molecule has 2 aliphatic heterocycles. The lowest BCUT2D eigenvalue weighted by Gasteiger charge is -2.25. The highest BCUT2D eigenvalue weighted by Gasteiger charge is 2.30. The van der Waals surface area contributed by atoms with Gasteiger partial charge in [0.15, 0.2) is 0 Å². The van der Waals surface area contributed by atoms with Crippen LogP contribution in [-0.4, -0.2) is 47.9 Å². The maximum Gasteiger partial charge on any atom is 0.222 e. The summed E-state index contributed by atoms with van der Waals surface area (Å²) in [4.78, 5) is 17.2. The highest BCUT2D eigenvalue weighted by atomic mass is 79.9. The number of unbranched alkanes of at least 4 members (excludes halogenated alkanes) is 1. The molecule has 0 saturated carbocycles. The molecule has 2 saturated heterocycles. The Balaban J connectivity index is 1.39. The summed E-state index contributed by atoms with van der Waals surface area (Å²) in [5.74, 6) is 0.370. The Bertz CT molecular complexity index is 517. The van der Waals surface area contributed by atoms with Gasteiger partial charge in [-0.15, -0.1) is 0 Å². The van der Waals surface area contributed by atoms with Crippen LogP contribution in [-0.2, 0) is 11.2 Å². The third kappa shape index (κ3) is 4.80. The molecule has 4 heteroatoms. The van der Waals surface area contributed by atoms with E-state index in [1.165, 1.54) is 31.5 Å². The quantitative estimate of drug-likeness (QED) is 0.726. The SMILES string of the molecule is O=C(CCCCc1ccc(Br)cc1)N1CCCN2CCCC2C1. The van der Waals surface area contributed by atoms with Crippen LogP contribution in [0, 0.1) is 0 Å². The van der Waals surface area contributed by atoms with Crippen LogP contribution in [0.2, 0.25) is 0 Å². The van der Waals surface area contributed by atoms with Gasteiger partial charge in [0, 0.05) is 36.6 Å². The molecule has 0 radical (unpaired) electrons. The van der Waals surface area contributed by atoms with Crippen molar-refractivity contribution in [1.82, 2.24) is 9.80 Å². The first-order valence-electron chi connectivity index (χ1n) is 8.98. The molecule has 23 heavy (non-hydrogen) atoms. The fraction of sp³-hybridized carbons (Fsp3) is 0.632. The van der Waals surface area contributed by atoms with Crippen LogP contribution in [0.5, 0.6) is 0 Å². The van der Waals surface area contributed by atoms with E-state index in [2.05, 4.69) is 50.0 Å². The van der Waals surface area contributed by atoms with E-state index in [4.69, 9.17) is 0 Å². The number of halogens is 1. The molecule has 0 spiro atoms. The zero-order valence-electron chi connectivity index (χ0n) is 13.8. The van der Waals surface area contributed by atoms with Crippen LogP contribution in [0.1, 0.15) is 44.1 Å². The second kappa shape index (κ2) is 8.29. The summed E-state index contributed by atoms with van der Waals surface area (Å²) in [6.07, 6.45) is 7.59. The topological polar surface area (TPSA) is 23.6 Å². The highest BCUT2D eigenvalue weighted by molar-refractivity contribution is 9.10. The van der Waals surface area contributed by atoms with Crippen LogP contribution in [0.15, 0.2) is 28.7 Å². The first-order valence-corrected chi connectivity index (χ1v) is 9.78. The van der Waals surface area contributed by atoms with Crippen molar-refractivity contribution in [2.45, 2.75) is 51.0 Å². The van der Waals surface area contributed by atoms with Crippen molar-refractivity contribution in [3.63, 3.8) is 0 Å². The van der Waals surface area contributed by atoms with E-state index in [-0.39, 0.29) is 0 Å². The van der Waals surface area contributed by atoms with Gasteiger partial charge < -0.3 is 4.90 Å². The maximum atomic E-state index is 12.5. The van der Waals surface area contributed by atoms with Gasteiger partial charge in [0.25, 0.3) is 0 Å². The van der Waals surface area contributed by atoms with Crippen molar-refractivity contribution in [3.05, 3.63) is 34.3 Å². The van der Waals surface area contributed by atoms with E-state index in [0.29, 0.717) is 18.4 Å². The van der Waals surface area contributed by atoms with Crippen molar-refractivity contribution in [3.8, 4) is 0 Å². The molecule has 1 atom stereocenters. The fourth-order valence-electron chi connectivity index (χ4n) is 3.85. The van der Waals surface area contributed by atoms with E-state index >= 15 is 0 Å². The normalized spacial score (nSPS) is 22.0. The predicted octanol–water partition coefficient (Wildman–Crippen LogP) is 3.86. The lowest BCUT2D eigenvalue weighted by molar-refractivity contribution is -0.131. The molecule has 0 aliphatic carbocycles. The van der Waals surface area contributed by atoms with E-state index in [1.807, 2.05) is 0 Å². The largest absolute Gasteiger partial charge is 0.341 e. The monoisotopic (exact) mass is 378 g/mol. The second-order valence-electron chi connectivity index (χ2n) is 6.86. The van der Waals surface area contributed by atoms with E-state index in [9.17, 15) is 4.79 Å². The molecule has 1 aromatic carbocycles. The number of carbonyl (C=O) groups excluding carboxylic acids is 1. The average Bonchev–Trinajstić information content (AvgIpc) is 2.90. The summed E-state index contributed by atoms with van der Waals surface area (Å²) in [7, 11) is 0. The Labute approximate surface area is 148 Å². The van der Waals surface area contributed by atoms with Crippen molar-refractivity contribution < 1.29 is 4.79 Å². The summed E-state index contributed by atoms with van der Waals surface area (Å²) in [5, 5.41) is 0. The third-order valence-corrected chi connectivity index (χ3v) is 5.70. The number of hydrogen-bond donors (Lipinski definition) is 0. The summed E-state index contributed by atoms with van der Waals surface area (Å²) in [5.41, 5.74) is 1.36. The van der Waals surface area contributed by atoms with Crippen molar-refractivity contribution >= 4 is 21.8 Å². The lowest BCUT2D eigenvalue weighted by atomic mass is 10.1. The van der Waals surface area contributed by atoms with Gasteiger partial charge in [-0.05, 0) is 62.8 Å². The van der Waals surface area contributed by atoms with Gasteiger partial charge in [-0.25, -0.2) is 0 Å². The molecule has 1 aromatic rings. The molecule has 2 heterocycles. The van der Waals surface area contributed by atoms with Crippen LogP contribution in [0.3, 0.4) is 0 Å². The van der Waals surface area contributed by atoms with Crippen molar-refractivity contribution in [1.29, 1.82) is 0 Å². The molecule has 1 unspecified atom stereocenters. The number of rotatable bonds is 5. The van der Waals surface area contributed by atoms with Crippen LogP contribution in [0.25, 0.3) is 0 Å². The molecule has 0 bridgehead atoms. The zero-order valence-corrected chi connectivity index (χ0v) is 15.4. The second-order valence-corrected chi connectivity index (χ2v) is 7.77. The number of benzene rings is 1. The number of hydrogen-bond acceptors (Lipinski definition) is 2. The Kier molecular flexibility index (Phi) is 6.12. The van der Waals surface area contributed by atoms with E-state index in [0.717, 1.165) is 43.2 Å². The van der Waals surface area contributed by atoms with Gasteiger partial charge >= 0.3 is 0 Å². The number of nitrogens with zero attached hydrogens (tertiary/aromatic N) is 2. The molecule has 0 N–H and O–H groups in total. The predicted molar refractivity (Wildman–Crippen MR) is 97.5 cm³/mol. The highest BCUT2D eigenvalue weighted by Crippen LogP contribution is 2.22. The number of amides is 1. The third-order valence-electron chi connectivity index (χ3n) is 5.18. The molecule has 1 amide bonds. The Morgan fingerprint density at radius 1 is 1.09 bits per heavy atom. The molecular weight excluding hydrogens is 352 g/mol. The summed E-state index contributed by atoms with van der Waals surface area (Å²) in [6.45, 7) is 4.34. The molecular formula is C19H27BrN2O. The molecule has 0 aromatic heterocycles. The first kappa shape index (κ1) is 17.0. The van der Waals surface area contributed by atoms with E-state index in [1.54, 1.807) is 0 Å². The van der Waals surface area contributed by atoms with Crippen LogP contribution in [0.4, 0.5) is 0 Å². The van der Waals surface area contributed by atoms with Gasteiger partial charge in [-0.3, -0.25) is 9.69 Å². The van der Waals surface area contributed by atoms with Crippen molar-refractivity contribution in [2.24, 2.45) is 0 Å². The molecule has 2 aliphatic rings. The fourth-order valence-corrected chi connectivity index (χ4v) is 4.11. The Hall–Kier alpha value is -0.870. The molecule has 2 fully saturated rings. The maximum absolute atomic E-state index is 12.5. The van der Waals surface area contributed by atoms with Gasteiger partial charge in [0.05, 0.1) is 0 Å².